The normalized spacial score (nSPS) is 12.4. The predicted molar refractivity (Wildman–Crippen MR) is 72.6 cm³/mol. The molecule has 6 nitrogen and oxygen atoms in total. The molecule has 102 valence electrons. The van der Waals surface area contributed by atoms with E-state index < -0.39 is 0 Å². The summed E-state index contributed by atoms with van der Waals surface area (Å²) in [6.07, 6.45) is 1.69. The summed E-state index contributed by atoms with van der Waals surface area (Å²) < 4.78 is 7.21. The van der Waals surface area contributed by atoms with E-state index in [0.717, 1.165) is 23.6 Å². The Hall–Kier alpha value is -1.92. The molecule has 1 unspecified atom stereocenters. The van der Waals surface area contributed by atoms with Gasteiger partial charge in [-0.15, -0.1) is 0 Å². The maximum Gasteiger partial charge on any atom is 0.162 e. The van der Waals surface area contributed by atoms with Gasteiger partial charge < -0.3 is 4.74 Å². The summed E-state index contributed by atoms with van der Waals surface area (Å²) >= 11 is 0. The molecule has 2 heterocycles. The molecule has 6 heteroatoms. The Balaban J connectivity index is 2.50. The summed E-state index contributed by atoms with van der Waals surface area (Å²) in [5.41, 5.74) is 5.46. The maximum atomic E-state index is 5.71. The smallest absolute Gasteiger partial charge is 0.162 e. The first kappa shape index (κ1) is 13.5. The molecule has 0 radical (unpaired) electrons. The Kier molecular flexibility index (Phi) is 4.13. The minimum absolute atomic E-state index is 0.253. The van der Waals surface area contributed by atoms with Gasteiger partial charge in [0.15, 0.2) is 5.75 Å². The SMILES string of the molecule is CCn1ncc(OC)c1C(NN)c1cccc(C)n1. The third-order valence-electron chi connectivity index (χ3n) is 3.01. The number of hydrazine groups is 1. The second-order valence-electron chi connectivity index (χ2n) is 4.22. The zero-order valence-electron chi connectivity index (χ0n) is 11.4. The third-order valence-corrected chi connectivity index (χ3v) is 3.01. The van der Waals surface area contributed by atoms with Crippen molar-refractivity contribution in [1.82, 2.24) is 20.2 Å². The Morgan fingerprint density at radius 2 is 2.26 bits per heavy atom. The van der Waals surface area contributed by atoms with Gasteiger partial charge in [-0.1, -0.05) is 6.07 Å². The number of ether oxygens (including phenoxy) is 1. The van der Waals surface area contributed by atoms with Crippen LogP contribution >= 0.6 is 0 Å². The molecule has 0 bridgehead atoms. The molecule has 0 spiro atoms. The van der Waals surface area contributed by atoms with Crippen molar-refractivity contribution in [2.24, 2.45) is 5.84 Å². The quantitative estimate of drug-likeness (QED) is 0.624. The first-order chi connectivity index (χ1) is 9.21. The van der Waals surface area contributed by atoms with Gasteiger partial charge in [-0.3, -0.25) is 15.5 Å². The van der Waals surface area contributed by atoms with Crippen LogP contribution in [0.1, 0.15) is 30.0 Å². The topological polar surface area (TPSA) is 78.0 Å². The minimum atomic E-state index is -0.253. The molecule has 2 aromatic rings. The van der Waals surface area contributed by atoms with E-state index in [1.807, 2.05) is 36.7 Å². The van der Waals surface area contributed by atoms with Gasteiger partial charge in [-0.25, -0.2) is 5.43 Å². The maximum absolute atomic E-state index is 5.71. The van der Waals surface area contributed by atoms with Gasteiger partial charge in [0.2, 0.25) is 0 Å². The van der Waals surface area contributed by atoms with Crippen LogP contribution in [0.15, 0.2) is 24.4 Å². The van der Waals surface area contributed by atoms with E-state index in [2.05, 4.69) is 15.5 Å². The number of aryl methyl sites for hydroxylation is 2. The highest BCUT2D eigenvalue weighted by Gasteiger charge is 2.23. The third kappa shape index (κ3) is 2.59. The van der Waals surface area contributed by atoms with Crippen LogP contribution in [0.25, 0.3) is 0 Å². The molecular formula is C13H19N5O. The van der Waals surface area contributed by atoms with Gasteiger partial charge in [0.25, 0.3) is 0 Å². The summed E-state index contributed by atoms with van der Waals surface area (Å²) in [5.74, 6) is 6.41. The lowest BCUT2D eigenvalue weighted by Crippen LogP contribution is -2.31. The van der Waals surface area contributed by atoms with Crippen molar-refractivity contribution in [3.8, 4) is 5.75 Å². The van der Waals surface area contributed by atoms with E-state index in [1.54, 1.807) is 13.3 Å². The summed E-state index contributed by atoms with van der Waals surface area (Å²) in [6, 6.07) is 5.59. The summed E-state index contributed by atoms with van der Waals surface area (Å²) in [5, 5.41) is 4.29. The fourth-order valence-corrected chi connectivity index (χ4v) is 2.11. The molecule has 0 fully saturated rings. The number of pyridine rings is 1. The van der Waals surface area contributed by atoms with Crippen LogP contribution in [0.3, 0.4) is 0 Å². The van der Waals surface area contributed by atoms with Crippen LogP contribution in [0.4, 0.5) is 0 Å². The van der Waals surface area contributed by atoms with Crippen LogP contribution in [0.2, 0.25) is 0 Å². The van der Waals surface area contributed by atoms with E-state index in [-0.39, 0.29) is 6.04 Å². The molecule has 0 aliphatic heterocycles. The monoisotopic (exact) mass is 261 g/mol. The van der Waals surface area contributed by atoms with Crippen molar-refractivity contribution in [2.45, 2.75) is 26.4 Å². The second-order valence-corrected chi connectivity index (χ2v) is 4.22. The summed E-state index contributed by atoms with van der Waals surface area (Å²) in [4.78, 5) is 4.51. The first-order valence-corrected chi connectivity index (χ1v) is 6.20. The molecule has 0 saturated carbocycles. The van der Waals surface area contributed by atoms with Gasteiger partial charge in [-0.05, 0) is 26.0 Å². The van der Waals surface area contributed by atoms with Crippen molar-refractivity contribution in [1.29, 1.82) is 0 Å². The molecule has 1 atom stereocenters. The van der Waals surface area contributed by atoms with Crippen molar-refractivity contribution in [2.75, 3.05) is 7.11 Å². The number of nitrogens with one attached hydrogen (secondary N) is 1. The molecule has 19 heavy (non-hydrogen) atoms. The number of methoxy groups -OCH3 is 1. The van der Waals surface area contributed by atoms with E-state index in [4.69, 9.17) is 10.6 Å². The number of rotatable bonds is 5. The van der Waals surface area contributed by atoms with Gasteiger partial charge in [0.1, 0.15) is 11.7 Å². The molecule has 0 aromatic carbocycles. The highest BCUT2D eigenvalue weighted by Crippen LogP contribution is 2.28. The van der Waals surface area contributed by atoms with Crippen LogP contribution in [-0.4, -0.2) is 21.9 Å². The lowest BCUT2D eigenvalue weighted by Gasteiger charge is -2.18. The van der Waals surface area contributed by atoms with Crippen LogP contribution in [-0.2, 0) is 6.54 Å². The average Bonchev–Trinajstić information content (AvgIpc) is 2.83. The molecule has 0 amide bonds. The van der Waals surface area contributed by atoms with Crippen LogP contribution < -0.4 is 16.0 Å². The van der Waals surface area contributed by atoms with Gasteiger partial charge in [-0.2, -0.15) is 5.10 Å². The van der Waals surface area contributed by atoms with Crippen molar-refractivity contribution >= 4 is 0 Å². The van der Waals surface area contributed by atoms with Crippen molar-refractivity contribution < 1.29 is 4.74 Å². The van der Waals surface area contributed by atoms with Gasteiger partial charge in [0, 0.05) is 12.2 Å². The highest BCUT2D eigenvalue weighted by molar-refractivity contribution is 5.34. The van der Waals surface area contributed by atoms with E-state index in [9.17, 15) is 0 Å². The Morgan fingerprint density at radius 3 is 2.84 bits per heavy atom. The Labute approximate surface area is 112 Å². The number of nitrogens with two attached hydrogens (primary N) is 1. The Morgan fingerprint density at radius 1 is 1.47 bits per heavy atom. The van der Waals surface area contributed by atoms with E-state index in [0.29, 0.717) is 5.75 Å². The standard InChI is InChI=1S/C13H19N5O/c1-4-18-13(11(19-3)8-15-18)12(17-14)10-7-5-6-9(2)16-10/h5-8,12,17H,4,14H2,1-3H3. The summed E-state index contributed by atoms with van der Waals surface area (Å²) in [7, 11) is 1.62. The number of hydrogen-bond acceptors (Lipinski definition) is 5. The molecule has 3 N–H and O–H groups in total. The van der Waals surface area contributed by atoms with Crippen LogP contribution in [0.5, 0.6) is 5.75 Å². The molecule has 2 rings (SSSR count). The molecule has 0 saturated heterocycles. The van der Waals surface area contributed by atoms with E-state index in [1.165, 1.54) is 0 Å². The second kappa shape index (κ2) is 5.81. The molecule has 0 aliphatic rings. The van der Waals surface area contributed by atoms with Crippen molar-refractivity contribution in [3.63, 3.8) is 0 Å². The fraction of sp³-hybridized carbons (Fsp3) is 0.385. The van der Waals surface area contributed by atoms with Gasteiger partial charge >= 0.3 is 0 Å². The Bertz CT molecular complexity index is 530. The minimum Gasteiger partial charge on any atom is -0.493 e. The molecule has 0 aliphatic carbocycles. The lowest BCUT2D eigenvalue weighted by atomic mass is 10.1. The summed E-state index contributed by atoms with van der Waals surface area (Å²) in [6.45, 7) is 4.71. The predicted octanol–water partition coefficient (Wildman–Crippen LogP) is 1.17. The number of hydrogen-bond donors (Lipinski definition) is 2. The lowest BCUT2D eigenvalue weighted by molar-refractivity contribution is 0.398. The first-order valence-electron chi connectivity index (χ1n) is 6.20. The average molecular weight is 261 g/mol. The largest absolute Gasteiger partial charge is 0.493 e. The van der Waals surface area contributed by atoms with Gasteiger partial charge in [0.05, 0.1) is 19.0 Å². The zero-order valence-corrected chi connectivity index (χ0v) is 11.4. The number of aromatic nitrogens is 3. The fourth-order valence-electron chi connectivity index (χ4n) is 2.11. The van der Waals surface area contributed by atoms with Crippen molar-refractivity contribution in [3.05, 3.63) is 41.5 Å². The van der Waals surface area contributed by atoms with E-state index >= 15 is 0 Å². The zero-order chi connectivity index (χ0) is 13.8. The molecular weight excluding hydrogens is 242 g/mol. The van der Waals surface area contributed by atoms with Crippen LogP contribution in [0, 0.1) is 6.92 Å². The molecule has 2 aromatic heterocycles. The number of nitrogens with zero attached hydrogens (tertiary/aromatic N) is 3. The highest BCUT2D eigenvalue weighted by atomic mass is 16.5.